The van der Waals surface area contributed by atoms with Gasteiger partial charge in [-0.25, -0.2) is 9.48 Å². The van der Waals surface area contributed by atoms with Gasteiger partial charge in [0.1, 0.15) is 5.82 Å². The number of carbonyl (C=O) groups is 1. The van der Waals surface area contributed by atoms with Crippen LogP contribution in [0.25, 0.3) is 5.69 Å². The molecular formula is C20H23N5O3. The summed E-state index contributed by atoms with van der Waals surface area (Å²) in [4.78, 5) is 36.1. The molecule has 2 heterocycles. The molecule has 0 bridgehead atoms. The lowest BCUT2D eigenvalue weighted by Crippen LogP contribution is -2.38. The second-order valence-electron chi connectivity index (χ2n) is 6.71. The molecule has 1 aromatic carbocycles. The van der Waals surface area contributed by atoms with Crippen LogP contribution in [0.2, 0.25) is 0 Å². The number of para-hydroxylation sites is 1. The van der Waals surface area contributed by atoms with Crippen molar-refractivity contribution in [2.45, 2.75) is 26.7 Å². The molecule has 8 nitrogen and oxygen atoms in total. The molecule has 0 aliphatic carbocycles. The fourth-order valence-corrected chi connectivity index (χ4v) is 3.15. The number of nitrogens with one attached hydrogen (secondary N) is 1. The van der Waals surface area contributed by atoms with Gasteiger partial charge in [-0.2, -0.15) is 5.10 Å². The smallest absolute Gasteiger partial charge is 0.312 e. The molecule has 146 valence electrons. The number of aromatic nitrogens is 4. The fraction of sp³-hybridized carbons (Fsp3) is 0.300. The summed E-state index contributed by atoms with van der Waals surface area (Å²) in [5, 5.41) is 7.24. The maximum absolute atomic E-state index is 12.4. The van der Waals surface area contributed by atoms with Gasteiger partial charge in [-0.15, -0.1) is 0 Å². The molecule has 3 rings (SSSR count). The molecule has 0 aliphatic heterocycles. The van der Waals surface area contributed by atoms with E-state index in [2.05, 4.69) is 10.4 Å². The maximum atomic E-state index is 12.4. The van der Waals surface area contributed by atoms with Crippen molar-refractivity contribution in [3.05, 3.63) is 74.2 Å². The van der Waals surface area contributed by atoms with Crippen molar-refractivity contribution in [2.24, 2.45) is 14.1 Å². The van der Waals surface area contributed by atoms with Crippen molar-refractivity contribution >= 4 is 11.7 Å². The quantitative estimate of drug-likeness (QED) is 0.724. The van der Waals surface area contributed by atoms with E-state index in [0.29, 0.717) is 6.42 Å². The Hall–Kier alpha value is -3.42. The minimum absolute atomic E-state index is 0.187. The Bertz CT molecular complexity index is 1140. The van der Waals surface area contributed by atoms with Crippen molar-refractivity contribution in [3.63, 3.8) is 0 Å². The number of anilines is 1. The van der Waals surface area contributed by atoms with Crippen LogP contribution in [-0.2, 0) is 25.3 Å². The van der Waals surface area contributed by atoms with Crippen LogP contribution in [-0.4, -0.2) is 24.8 Å². The number of aryl methyl sites for hydroxylation is 1. The highest BCUT2D eigenvalue weighted by atomic mass is 16.2. The highest BCUT2D eigenvalue weighted by Gasteiger charge is 2.15. The normalized spacial score (nSPS) is 10.9. The van der Waals surface area contributed by atoms with Crippen LogP contribution in [0.15, 0.2) is 46.0 Å². The van der Waals surface area contributed by atoms with E-state index < -0.39 is 11.2 Å². The van der Waals surface area contributed by atoms with Gasteiger partial charge in [-0.1, -0.05) is 18.2 Å². The molecule has 0 saturated carbocycles. The van der Waals surface area contributed by atoms with E-state index in [0.717, 1.165) is 27.2 Å². The first-order valence-corrected chi connectivity index (χ1v) is 8.97. The van der Waals surface area contributed by atoms with Gasteiger partial charge >= 0.3 is 5.69 Å². The Labute approximate surface area is 162 Å². The highest BCUT2D eigenvalue weighted by Crippen LogP contribution is 2.19. The first kappa shape index (κ1) is 19.3. The molecule has 0 saturated heterocycles. The van der Waals surface area contributed by atoms with E-state index in [1.165, 1.54) is 24.7 Å². The van der Waals surface area contributed by atoms with Gasteiger partial charge in [-0.3, -0.25) is 18.7 Å². The van der Waals surface area contributed by atoms with Gasteiger partial charge in [0.15, 0.2) is 0 Å². The monoisotopic (exact) mass is 381 g/mol. The van der Waals surface area contributed by atoms with Crippen molar-refractivity contribution in [1.82, 2.24) is 18.9 Å². The lowest BCUT2D eigenvalue weighted by Gasteiger charge is -2.11. The molecule has 8 heteroatoms. The number of carbonyl (C=O) groups excluding carboxylic acids is 1. The number of amides is 1. The Morgan fingerprint density at radius 1 is 1.07 bits per heavy atom. The number of hydrogen-bond donors (Lipinski definition) is 1. The Balaban J connectivity index is 1.75. The van der Waals surface area contributed by atoms with Gasteiger partial charge in [0.05, 0.1) is 11.4 Å². The van der Waals surface area contributed by atoms with Crippen LogP contribution in [0.1, 0.15) is 23.4 Å². The van der Waals surface area contributed by atoms with Crippen LogP contribution in [0, 0.1) is 13.8 Å². The van der Waals surface area contributed by atoms with E-state index in [-0.39, 0.29) is 18.1 Å². The summed E-state index contributed by atoms with van der Waals surface area (Å²) in [5.41, 5.74) is 2.88. The molecule has 1 N–H and O–H groups in total. The summed E-state index contributed by atoms with van der Waals surface area (Å²) in [6.07, 6.45) is 0.723. The molecule has 0 fully saturated rings. The average molecular weight is 381 g/mol. The molecule has 1 amide bonds. The third kappa shape index (κ3) is 3.66. The number of rotatable bonds is 5. The van der Waals surface area contributed by atoms with E-state index in [9.17, 15) is 14.4 Å². The van der Waals surface area contributed by atoms with Crippen LogP contribution in [0.4, 0.5) is 5.82 Å². The van der Waals surface area contributed by atoms with E-state index in [4.69, 9.17) is 0 Å². The molecular weight excluding hydrogens is 358 g/mol. The predicted molar refractivity (Wildman–Crippen MR) is 107 cm³/mol. The van der Waals surface area contributed by atoms with Crippen molar-refractivity contribution in [1.29, 1.82) is 0 Å². The minimum Gasteiger partial charge on any atom is -0.312 e. The van der Waals surface area contributed by atoms with Crippen LogP contribution in [0.3, 0.4) is 0 Å². The Morgan fingerprint density at radius 3 is 2.43 bits per heavy atom. The molecule has 0 aliphatic rings. The number of benzene rings is 1. The van der Waals surface area contributed by atoms with Gasteiger partial charge < -0.3 is 5.32 Å². The molecule has 0 atom stereocenters. The maximum Gasteiger partial charge on any atom is 0.332 e. The molecule has 0 unspecified atom stereocenters. The Morgan fingerprint density at radius 2 is 1.75 bits per heavy atom. The third-order valence-corrected chi connectivity index (χ3v) is 4.84. The van der Waals surface area contributed by atoms with E-state index >= 15 is 0 Å². The number of hydrogen-bond acceptors (Lipinski definition) is 4. The average Bonchev–Trinajstić information content (AvgIpc) is 2.97. The second-order valence-corrected chi connectivity index (χ2v) is 6.71. The summed E-state index contributed by atoms with van der Waals surface area (Å²) in [6, 6.07) is 11.0. The van der Waals surface area contributed by atoms with Gasteiger partial charge in [-0.05, 0) is 38.0 Å². The summed E-state index contributed by atoms with van der Waals surface area (Å²) >= 11 is 0. The minimum atomic E-state index is -0.487. The SMILES string of the molecule is Cc1nn(-c2ccccc2)c(C)c1CCC(=O)Nc1cc(=O)n(C)c(=O)n1C. The van der Waals surface area contributed by atoms with Crippen molar-refractivity contribution in [3.8, 4) is 5.69 Å². The lowest BCUT2D eigenvalue weighted by molar-refractivity contribution is -0.116. The number of nitrogens with zero attached hydrogens (tertiary/aromatic N) is 4. The van der Waals surface area contributed by atoms with Crippen LogP contribution < -0.4 is 16.6 Å². The molecule has 2 aromatic heterocycles. The van der Waals surface area contributed by atoms with Gasteiger partial charge in [0.25, 0.3) is 5.56 Å². The van der Waals surface area contributed by atoms with Crippen molar-refractivity contribution < 1.29 is 4.79 Å². The highest BCUT2D eigenvalue weighted by molar-refractivity contribution is 5.89. The van der Waals surface area contributed by atoms with E-state index in [1.807, 2.05) is 48.9 Å². The predicted octanol–water partition coefficient (Wildman–Crippen LogP) is 1.46. The van der Waals surface area contributed by atoms with Gasteiger partial charge in [0.2, 0.25) is 5.91 Å². The molecule has 3 aromatic rings. The Kier molecular flexibility index (Phi) is 5.30. The first-order valence-electron chi connectivity index (χ1n) is 8.97. The standard InChI is InChI=1S/C20H23N5O3/c1-13-16(14(2)25(22-13)15-8-6-5-7-9-15)10-11-18(26)21-17-12-19(27)24(4)20(28)23(17)3/h5-9,12H,10-11H2,1-4H3,(H,21,26). The lowest BCUT2D eigenvalue weighted by atomic mass is 10.1. The fourth-order valence-electron chi connectivity index (χ4n) is 3.15. The summed E-state index contributed by atoms with van der Waals surface area (Å²) in [7, 11) is 2.90. The second kappa shape index (κ2) is 7.67. The third-order valence-electron chi connectivity index (χ3n) is 4.84. The molecule has 28 heavy (non-hydrogen) atoms. The largest absolute Gasteiger partial charge is 0.332 e. The summed E-state index contributed by atoms with van der Waals surface area (Å²) in [6.45, 7) is 3.90. The zero-order valence-electron chi connectivity index (χ0n) is 16.4. The van der Waals surface area contributed by atoms with Gasteiger partial charge in [0, 0.05) is 32.3 Å². The van der Waals surface area contributed by atoms with Crippen LogP contribution >= 0.6 is 0 Å². The topological polar surface area (TPSA) is 90.9 Å². The van der Waals surface area contributed by atoms with Crippen LogP contribution in [0.5, 0.6) is 0 Å². The molecule has 0 radical (unpaired) electrons. The van der Waals surface area contributed by atoms with Crippen molar-refractivity contribution in [2.75, 3.05) is 5.32 Å². The summed E-state index contributed by atoms with van der Waals surface area (Å²) < 4.78 is 4.09. The summed E-state index contributed by atoms with van der Waals surface area (Å²) in [5.74, 6) is -0.0824. The zero-order valence-corrected chi connectivity index (χ0v) is 16.4. The molecule has 0 spiro atoms. The zero-order chi connectivity index (χ0) is 20.4. The van der Waals surface area contributed by atoms with E-state index in [1.54, 1.807) is 0 Å². The first-order chi connectivity index (χ1) is 13.3.